The van der Waals surface area contributed by atoms with Gasteiger partial charge in [-0.1, -0.05) is 11.2 Å². The fraction of sp³-hybridized carbons (Fsp3) is 0.500. The summed E-state index contributed by atoms with van der Waals surface area (Å²) in [6, 6.07) is 4.19. The predicted octanol–water partition coefficient (Wildman–Crippen LogP) is 2.80. The van der Waals surface area contributed by atoms with E-state index in [1.54, 1.807) is 23.3 Å². The number of nitrogens with zero attached hydrogens (tertiary/aromatic N) is 3. The van der Waals surface area contributed by atoms with Crippen LogP contribution in [0.25, 0.3) is 0 Å². The molecule has 126 valence electrons. The van der Waals surface area contributed by atoms with Gasteiger partial charge in [-0.2, -0.15) is 0 Å². The van der Waals surface area contributed by atoms with Gasteiger partial charge < -0.3 is 19.6 Å². The van der Waals surface area contributed by atoms with Crippen LogP contribution in [-0.4, -0.2) is 48.7 Å². The summed E-state index contributed by atoms with van der Waals surface area (Å²) in [5.74, 6) is 0.756. The quantitative estimate of drug-likeness (QED) is 0.881. The van der Waals surface area contributed by atoms with Gasteiger partial charge in [-0.25, -0.2) is 4.79 Å². The van der Waals surface area contributed by atoms with E-state index >= 15 is 0 Å². The zero-order valence-electron chi connectivity index (χ0n) is 14.3. The van der Waals surface area contributed by atoms with E-state index in [1.165, 1.54) is 4.88 Å². The number of nitrogens with one attached hydrogen (secondary N) is 1. The van der Waals surface area contributed by atoms with Crippen LogP contribution in [0.5, 0.6) is 0 Å². The van der Waals surface area contributed by atoms with E-state index in [4.69, 9.17) is 4.52 Å². The van der Waals surface area contributed by atoms with Crippen molar-refractivity contribution in [3.8, 4) is 0 Å². The van der Waals surface area contributed by atoms with Crippen molar-refractivity contribution in [1.29, 1.82) is 0 Å². The maximum atomic E-state index is 12.3. The van der Waals surface area contributed by atoms with Crippen molar-refractivity contribution in [1.82, 2.24) is 20.3 Å². The van der Waals surface area contributed by atoms with Crippen molar-refractivity contribution >= 4 is 17.4 Å². The van der Waals surface area contributed by atoms with Crippen LogP contribution in [0.4, 0.5) is 4.79 Å². The second kappa shape index (κ2) is 7.61. The molecule has 0 fully saturated rings. The molecule has 0 saturated heterocycles. The molecule has 23 heavy (non-hydrogen) atoms. The highest BCUT2D eigenvalue weighted by molar-refractivity contribution is 7.10. The minimum absolute atomic E-state index is 0.103. The van der Waals surface area contributed by atoms with E-state index in [0.717, 1.165) is 17.0 Å². The molecule has 0 aliphatic carbocycles. The Balaban J connectivity index is 1.93. The van der Waals surface area contributed by atoms with Gasteiger partial charge in [-0.3, -0.25) is 0 Å². The third-order valence-electron chi connectivity index (χ3n) is 3.86. The van der Waals surface area contributed by atoms with Crippen LogP contribution in [0.2, 0.25) is 0 Å². The van der Waals surface area contributed by atoms with Crippen molar-refractivity contribution < 1.29 is 9.32 Å². The summed E-state index contributed by atoms with van der Waals surface area (Å²) in [4.78, 5) is 17.3. The summed E-state index contributed by atoms with van der Waals surface area (Å²) in [5, 5.41) is 8.98. The van der Waals surface area contributed by atoms with Gasteiger partial charge in [0.15, 0.2) is 0 Å². The summed E-state index contributed by atoms with van der Waals surface area (Å²) >= 11 is 1.70. The molecule has 0 aliphatic rings. The van der Waals surface area contributed by atoms with Crippen LogP contribution in [0, 0.1) is 13.8 Å². The number of hydrogen-bond donors (Lipinski definition) is 1. The molecule has 2 heterocycles. The molecule has 0 unspecified atom stereocenters. The van der Waals surface area contributed by atoms with Gasteiger partial charge >= 0.3 is 6.03 Å². The van der Waals surface area contributed by atoms with Gasteiger partial charge in [0.25, 0.3) is 0 Å². The van der Waals surface area contributed by atoms with Gasteiger partial charge in [-0.05, 0) is 39.4 Å². The van der Waals surface area contributed by atoms with Gasteiger partial charge in [0.05, 0.1) is 18.3 Å². The molecule has 7 heteroatoms. The Kier molecular flexibility index (Phi) is 5.79. The van der Waals surface area contributed by atoms with Gasteiger partial charge in [0.2, 0.25) is 0 Å². The highest BCUT2D eigenvalue weighted by Crippen LogP contribution is 2.22. The Hall–Kier alpha value is -1.86. The molecular weight excluding hydrogens is 312 g/mol. The Morgan fingerprint density at radius 2 is 2.13 bits per heavy atom. The van der Waals surface area contributed by atoms with Gasteiger partial charge in [0.1, 0.15) is 5.76 Å². The first-order valence-corrected chi connectivity index (χ1v) is 8.38. The number of rotatable bonds is 6. The van der Waals surface area contributed by atoms with Crippen molar-refractivity contribution in [3.63, 3.8) is 0 Å². The number of thiophene rings is 1. The molecule has 0 radical (unpaired) electrons. The SMILES string of the molecule is Cc1noc(C)c1CN(C)C(=O)NC[C@@H](c1cccs1)N(C)C. The van der Waals surface area contributed by atoms with Crippen LogP contribution in [0.1, 0.15) is 27.9 Å². The molecule has 1 N–H and O–H groups in total. The third-order valence-corrected chi connectivity index (χ3v) is 4.84. The van der Waals surface area contributed by atoms with E-state index in [0.29, 0.717) is 13.1 Å². The number of hydrogen-bond acceptors (Lipinski definition) is 5. The second-order valence-electron chi connectivity index (χ2n) is 5.84. The first kappa shape index (κ1) is 17.5. The summed E-state index contributed by atoms with van der Waals surface area (Å²) in [6.45, 7) is 4.80. The number of carbonyl (C=O) groups is 1. The molecule has 0 aliphatic heterocycles. The van der Waals surface area contributed by atoms with Crippen LogP contribution < -0.4 is 5.32 Å². The zero-order valence-corrected chi connectivity index (χ0v) is 15.1. The molecule has 2 rings (SSSR count). The molecular formula is C16H24N4O2S. The third kappa shape index (κ3) is 4.33. The zero-order chi connectivity index (χ0) is 17.0. The highest BCUT2D eigenvalue weighted by atomic mass is 32.1. The van der Waals surface area contributed by atoms with Crippen molar-refractivity contribution in [2.45, 2.75) is 26.4 Å². The number of likely N-dealkylation sites (N-methyl/N-ethyl adjacent to an activating group) is 1. The Labute approximate surface area is 141 Å². The van der Waals surface area contributed by atoms with E-state index in [1.807, 2.05) is 34.0 Å². The Bertz CT molecular complexity index is 617. The first-order valence-electron chi connectivity index (χ1n) is 7.50. The van der Waals surface area contributed by atoms with Crippen LogP contribution in [0.3, 0.4) is 0 Å². The lowest BCUT2D eigenvalue weighted by Crippen LogP contribution is -2.41. The molecule has 2 aromatic rings. The van der Waals surface area contributed by atoms with Crippen molar-refractivity contribution in [2.24, 2.45) is 0 Å². The highest BCUT2D eigenvalue weighted by Gasteiger charge is 2.19. The molecule has 1 atom stereocenters. The largest absolute Gasteiger partial charge is 0.361 e. The summed E-state index contributed by atoms with van der Waals surface area (Å²) in [6.07, 6.45) is 0. The minimum Gasteiger partial charge on any atom is -0.361 e. The van der Waals surface area contributed by atoms with Gasteiger partial charge in [-0.15, -0.1) is 11.3 Å². The smallest absolute Gasteiger partial charge is 0.317 e. The predicted molar refractivity (Wildman–Crippen MR) is 91.6 cm³/mol. The van der Waals surface area contributed by atoms with E-state index in [-0.39, 0.29) is 12.1 Å². The minimum atomic E-state index is -0.103. The topological polar surface area (TPSA) is 61.6 Å². The van der Waals surface area contributed by atoms with Crippen molar-refractivity contribution in [3.05, 3.63) is 39.4 Å². The summed E-state index contributed by atoms with van der Waals surface area (Å²) < 4.78 is 5.14. The second-order valence-corrected chi connectivity index (χ2v) is 6.82. The molecule has 0 saturated carbocycles. The Morgan fingerprint density at radius 1 is 1.39 bits per heavy atom. The fourth-order valence-electron chi connectivity index (χ4n) is 2.37. The first-order chi connectivity index (χ1) is 10.9. The number of carbonyl (C=O) groups excluding carboxylic acids is 1. The maximum absolute atomic E-state index is 12.3. The average molecular weight is 336 g/mol. The molecule has 6 nitrogen and oxygen atoms in total. The standard InChI is InChI=1S/C16H24N4O2S/c1-11-13(12(2)22-18-11)10-20(5)16(21)17-9-14(19(3)4)15-7-6-8-23-15/h6-8,14H,9-10H2,1-5H3,(H,17,21)/t14-/m0/s1. The normalized spacial score (nSPS) is 12.4. The lowest BCUT2D eigenvalue weighted by Gasteiger charge is -2.25. The monoisotopic (exact) mass is 336 g/mol. The van der Waals surface area contributed by atoms with Crippen LogP contribution >= 0.6 is 11.3 Å². The van der Waals surface area contributed by atoms with E-state index in [2.05, 4.69) is 26.8 Å². The van der Waals surface area contributed by atoms with Gasteiger partial charge in [0, 0.05) is 24.0 Å². The molecule has 2 aromatic heterocycles. The summed E-state index contributed by atoms with van der Waals surface area (Å²) in [7, 11) is 5.81. The average Bonchev–Trinajstić information content (AvgIpc) is 3.12. The Morgan fingerprint density at radius 3 is 2.65 bits per heavy atom. The number of amides is 2. The van der Waals surface area contributed by atoms with Crippen LogP contribution in [-0.2, 0) is 6.54 Å². The lowest BCUT2D eigenvalue weighted by molar-refractivity contribution is 0.201. The number of aryl methyl sites for hydroxylation is 2. The number of aromatic nitrogens is 1. The van der Waals surface area contributed by atoms with E-state index < -0.39 is 0 Å². The molecule has 2 amide bonds. The molecule has 0 aromatic carbocycles. The lowest BCUT2D eigenvalue weighted by atomic mass is 10.2. The van der Waals surface area contributed by atoms with Crippen LogP contribution in [0.15, 0.2) is 22.0 Å². The fourth-order valence-corrected chi connectivity index (χ4v) is 3.30. The maximum Gasteiger partial charge on any atom is 0.317 e. The van der Waals surface area contributed by atoms with E-state index in [9.17, 15) is 4.79 Å². The molecule has 0 spiro atoms. The number of urea groups is 1. The summed E-state index contributed by atoms with van der Waals surface area (Å²) in [5.41, 5.74) is 1.79. The van der Waals surface area contributed by atoms with Crippen molar-refractivity contribution in [2.75, 3.05) is 27.7 Å². The molecule has 0 bridgehead atoms.